The smallest absolute Gasteiger partial charge is 0.0480 e. The predicted octanol–water partition coefficient (Wildman–Crippen LogP) is 3.59. The molecule has 2 nitrogen and oxygen atoms in total. The minimum Gasteiger partial charge on any atom is -0.399 e. The van der Waals surface area contributed by atoms with Gasteiger partial charge in [0.25, 0.3) is 0 Å². The van der Waals surface area contributed by atoms with Gasteiger partial charge in [-0.15, -0.1) is 0 Å². The van der Waals surface area contributed by atoms with Gasteiger partial charge in [-0.2, -0.15) is 0 Å². The van der Waals surface area contributed by atoms with Crippen LogP contribution in [0.15, 0.2) is 48.2 Å². The maximum atomic E-state index is 6.90. The average Bonchev–Trinajstić information content (AvgIpc) is 2.51. The number of allylic oxidation sites excluding steroid dienone is 1. The fraction of sp³-hybridized carbons (Fsp3) is 0.444. The summed E-state index contributed by atoms with van der Waals surface area (Å²) in [4.78, 5) is 0. The number of hydrogen-bond donors (Lipinski definition) is 2. The largest absolute Gasteiger partial charge is 0.399 e. The van der Waals surface area contributed by atoms with E-state index in [1.807, 2.05) is 6.07 Å². The maximum Gasteiger partial charge on any atom is 0.0480 e. The zero-order chi connectivity index (χ0) is 14.0. The van der Waals surface area contributed by atoms with Gasteiger partial charge in [-0.05, 0) is 42.4 Å². The third kappa shape index (κ3) is 2.40. The molecule has 0 aromatic heterocycles. The second kappa shape index (κ2) is 5.45. The number of nitrogens with two attached hydrogens (primary N) is 2. The Morgan fingerprint density at radius 3 is 2.40 bits per heavy atom. The highest BCUT2D eigenvalue weighted by Gasteiger charge is 2.39. The van der Waals surface area contributed by atoms with Crippen molar-refractivity contribution in [3.63, 3.8) is 0 Å². The van der Waals surface area contributed by atoms with E-state index in [1.165, 1.54) is 43.2 Å². The zero-order valence-corrected chi connectivity index (χ0v) is 12.0. The first-order valence-corrected chi connectivity index (χ1v) is 7.72. The van der Waals surface area contributed by atoms with Crippen LogP contribution in [-0.2, 0) is 0 Å². The van der Waals surface area contributed by atoms with Crippen molar-refractivity contribution in [3.05, 3.63) is 53.7 Å². The Morgan fingerprint density at radius 2 is 1.70 bits per heavy atom. The van der Waals surface area contributed by atoms with Crippen molar-refractivity contribution < 1.29 is 0 Å². The normalized spacial score (nSPS) is 27.9. The summed E-state index contributed by atoms with van der Waals surface area (Å²) in [5.41, 5.74) is 16.0. The van der Waals surface area contributed by atoms with Crippen LogP contribution in [0.25, 0.3) is 5.57 Å². The molecule has 0 amide bonds. The number of benzene rings is 1. The van der Waals surface area contributed by atoms with Crippen LogP contribution >= 0.6 is 0 Å². The molecule has 0 radical (unpaired) electrons. The molecule has 3 rings (SSSR count). The summed E-state index contributed by atoms with van der Waals surface area (Å²) < 4.78 is 0. The van der Waals surface area contributed by atoms with Gasteiger partial charge in [0.15, 0.2) is 0 Å². The summed E-state index contributed by atoms with van der Waals surface area (Å²) in [7, 11) is 0. The van der Waals surface area contributed by atoms with Crippen molar-refractivity contribution in [1.29, 1.82) is 0 Å². The molecule has 2 heteroatoms. The molecule has 1 aromatic rings. The van der Waals surface area contributed by atoms with Crippen LogP contribution in [0.2, 0.25) is 0 Å². The van der Waals surface area contributed by atoms with E-state index in [9.17, 15) is 0 Å². The second-order valence-corrected chi connectivity index (χ2v) is 6.21. The van der Waals surface area contributed by atoms with Crippen LogP contribution in [-0.4, -0.2) is 5.54 Å². The van der Waals surface area contributed by atoms with Crippen LogP contribution in [0, 0.1) is 5.92 Å². The summed E-state index contributed by atoms with van der Waals surface area (Å²) in [6, 6.07) is 10.5. The second-order valence-electron chi connectivity index (χ2n) is 6.21. The van der Waals surface area contributed by atoms with Crippen molar-refractivity contribution in [2.24, 2.45) is 17.4 Å². The molecule has 0 heterocycles. The van der Waals surface area contributed by atoms with E-state index >= 15 is 0 Å². The molecular formula is C18H24N2. The molecular weight excluding hydrogens is 244 g/mol. The number of rotatable bonds is 2. The zero-order valence-electron chi connectivity index (χ0n) is 12.0. The van der Waals surface area contributed by atoms with Crippen LogP contribution in [0.3, 0.4) is 0 Å². The Bertz CT molecular complexity index is 524. The van der Waals surface area contributed by atoms with E-state index in [2.05, 4.69) is 36.4 Å². The van der Waals surface area contributed by atoms with Crippen molar-refractivity contribution in [2.75, 3.05) is 0 Å². The van der Waals surface area contributed by atoms with Crippen LogP contribution < -0.4 is 11.5 Å². The van der Waals surface area contributed by atoms with Crippen molar-refractivity contribution in [3.8, 4) is 0 Å². The van der Waals surface area contributed by atoms with Crippen molar-refractivity contribution >= 4 is 5.57 Å². The first kappa shape index (κ1) is 13.4. The lowest BCUT2D eigenvalue weighted by atomic mass is 9.66. The SMILES string of the molecule is NC1=CCC(N)(C2CCCCC2)C(c2ccccc2)=C1. The average molecular weight is 268 g/mol. The van der Waals surface area contributed by atoms with Gasteiger partial charge in [-0.3, -0.25) is 0 Å². The Balaban J connectivity index is 1.99. The number of hydrogen-bond acceptors (Lipinski definition) is 2. The Morgan fingerprint density at radius 1 is 1.00 bits per heavy atom. The van der Waals surface area contributed by atoms with Gasteiger partial charge in [0.1, 0.15) is 0 Å². The fourth-order valence-electron chi connectivity index (χ4n) is 3.73. The van der Waals surface area contributed by atoms with E-state index in [0.29, 0.717) is 5.92 Å². The molecule has 0 aliphatic heterocycles. The fourth-order valence-corrected chi connectivity index (χ4v) is 3.73. The van der Waals surface area contributed by atoms with Gasteiger partial charge < -0.3 is 11.5 Å². The molecule has 1 aromatic carbocycles. The summed E-state index contributed by atoms with van der Waals surface area (Å²) in [5, 5.41) is 0. The van der Waals surface area contributed by atoms with Crippen LogP contribution in [0.4, 0.5) is 0 Å². The lowest BCUT2D eigenvalue weighted by Gasteiger charge is -2.43. The van der Waals surface area contributed by atoms with Gasteiger partial charge in [0.2, 0.25) is 0 Å². The Kier molecular flexibility index (Phi) is 3.66. The lowest BCUT2D eigenvalue weighted by Crippen LogP contribution is -2.49. The molecule has 0 spiro atoms. The van der Waals surface area contributed by atoms with E-state index in [1.54, 1.807) is 0 Å². The molecule has 20 heavy (non-hydrogen) atoms. The summed E-state index contributed by atoms with van der Waals surface area (Å²) in [5.74, 6) is 0.576. The van der Waals surface area contributed by atoms with Gasteiger partial charge in [-0.25, -0.2) is 0 Å². The quantitative estimate of drug-likeness (QED) is 0.861. The molecule has 4 N–H and O–H groups in total. The Labute approximate surface area is 121 Å². The van der Waals surface area contributed by atoms with Gasteiger partial charge in [-0.1, -0.05) is 55.7 Å². The van der Waals surface area contributed by atoms with Gasteiger partial charge in [0, 0.05) is 11.2 Å². The lowest BCUT2D eigenvalue weighted by molar-refractivity contribution is 0.256. The van der Waals surface area contributed by atoms with E-state index < -0.39 is 0 Å². The van der Waals surface area contributed by atoms with Crippen LogP contribution in [0.1, 0.15) is 44.1 Å². The van der Waals surface area contributed by atoms with E-state index in [-0.39, 0.29) is 5.54 Å². The summed E-state index contributed by atoms with van der Waals surface area (Å²) >= 11 is 0. The van der Waals surface area contributed by atoms with E-state index in [4.69, 9.17) is 11.5 Å². The monoisotopic (exact) mass is 268 g/mol. The first-order valence-electron chi connectivity index (χ1n) is 7.72. The first-order chi connectivity index (χ1) is 9.70. The molecule has 2 aliphatic carbocycles. The third-order valence-corrected chi connectivity index (χ3v) is 4.91. The van der Waals surface area contributed by atoms with E-state index in [0.717, 1.165) is 12.1 Å². The highest BCUT2D eigenvalue weighted by molar-refractivity contribution is 5.77. The topological polar surface area (TPSA) is 52.0 Å². The van der Waals surface area contributed by atoms with Crippen molar-refractivity contribution in [2.45, 2.75) is 44.1 Å². The molecule has 0 bridgehead atoms. The molecule has 1 atom stereocenters. The minimum atomic E-state index is -0.245. The molecule has 2 aliphatic rings. The third-order valence-electron chi connectivity index (χ3n) is 4.91. The van der Waals surface area contributed by atoms with Gasteiger partial charge >= 0.3 is 0 Å². The highest BCUT2D eigenvalue weighted by Crippen LogP contribution is 2.43. The maximum absolute atomic E-state index is 6.90. The molecule has 1 fully saturated rings. The van der Waals surface area contributed by atoms with Crippen LogP contribution in [0.5, 0.6) is 0 Å². The molecule has 1 saturated carbocycles. The van der Waals surface area contributed by atoms with Crippen molar-refractivity contribution in [1.82, 2.24) is 0 Å². The molecule has 0 saturated heterocycles. The minimum absolute atomic E-state index is 0.245. The summed E-state index contributed by atoms with van der Waals surface area (Å²) in [6.45, 7) is 0. The standard InChI is InChI=1S/C18H24N2/c19-16-11-12-18(20,15-9-5-2-6-10-15)17(13-16)14-7-3-1-4-8-14/h1,3-4,7-8,11,13,15H,2,5-6,9-10,12,19-20H2. The summed E-state index contributed by atoms with van der Waals surface area (Å²) in [6.07, 6.45) is 11.5. The molecule has 106 valence electrons. The predicted molar refractivity (Wildman–Crippen MR) is 84.8 cm³/mol. The van der Waals surface area contributed by atoms with Gasteiger partial charge in [0.05, 0.1) is 0 Å². The highest BCUT2D eigenvalue weighted by atomic mass is 14.8. The Hall–Kier alpha value is -1.54. The molecule has 1 unspecified atom stereocenters.